The van der Waals surface area contributed by atoms with E-state index in [0.29, 0.717) is 11.3 Å². The van der Waals surface area contributed by atoms with Gasteiger partial charge in [0.1, 0.15) is 5.75 Å². The maximum atomic E-state index is 6.56. The van der Waals surface area contributed by atoms with Gasteiger partial charge in [0.25, 0.3) is 0 Å². The van der Waals surface area contributed by atoms with E-state index >= 15 is 0 Å². The fraction of sp³-hybridized carbons (Fsp3) is 0.786. The minimum absolute atomic E-state index is 0.167. The highest BCUT2D eigenvalue weighted by molar-refractivity contribution is 5.29. The summed E-state index contributed by atoms with van der Waals surface area (Å²) in [6, 6.07) is 8.76. The Morgan fingerprint density at radius 3 is 2.10 bits per heavy atom. The molecule has 0 saturated heterocycles. The van der Waals surface area contributed by atoms with Crippen molar-refractivity contribution in [3.05, 3.63) is 29.8 Å². The summed E-state index contributed by atoms with van der Waals surface area (Å²) in [5.41, 5.74) is 1.60. The second-order valence-corrected chi connectivity index (χ2v) is 11.1. The van der Waals surface area contributed by atoms with Crippen molar-refractivity contribution in [2.45, 2.75) is 129 Å². The fourth-order valence-corrected chi connectivity index (χ4v) is 5.85. The summed E-state index contributed by atoms with van der Waals surface area (Å²) in [6.45, 7) is 11.0. The Morgan fingerprint density at radius 2 is 1.53 bits per heavy atom. The van der Waals surface area contributed by atoms with Gasteiger partial charge in [0.15, 0.2) is 0 Å². The summed E-state index contributed by atoms with van der Waals surface area (Å²) in [6.07, 6.45) is 16.0. The Kier molecular flexibility index (Phi) is 8.30. The molecule has 2 aliphatic rings. The summed E-state index contributed by atoms with van der Waals surface area (Å²) >= 11 is 0. The molecule has 0 amide bonds. The number of ether oxygens (including phenoxy) is 2. The van der Waals surface area contributed by atoms with Gasteiger partial charge in [-0.3, -0.25) is 0 Å². The van der Waals surface area contributed by atoms with Crippen LogP contribution in [-0.2, 0) is 4.74 Å². The van der Waals surface area contributed by atoms with Gasteiger partial charge in [-0.15, -0.1) is 0 Å². The van der Waals surface area contributed by atoms with Crippen LogP contribution in [0.1, 0.15) is 123 Å². The number of hydrogen-bond donors (Lipinski definition) is 0. The molecule has 0 heterocycles. The molecule has 3 rings (SSSR count). The Balaban J connectivity index is 1.77. The second-order valence-electron chi connectivity index (χ2n) is 11.1. The highest BCUT2D eigenvalue weighted by Gasteiger charge is 2.43. The van der Waals surface area contributed by atoms with Gasteiger partial charge in [-0.25, -0.2) is 0 Å². The molecule has 0 aliphatic heterocycles. The zero-order chi connectivity index (χ0) is 21.6. The van der Waals surface area contributed by atoms with Gasteiger partial charge in [0.05, 0.1) is 5.60 Å². The molecule has 2 heteroatoms. The topological polar surface area (TPSA) is 18.5 Å². The summed E-state index contributed by atoms with van der Waals surface area (Å²) in [5.74, 6) is 2.40. The molecule has 2 nitrogen and oxygen atoms in total. The van der Waals surface area contributed by atoms with Crippen molar-refractivity contribution in [3.8, 4) is 5.75 Å². The fourth-order valence-electron chi connectivity index (χ4n) is 5.85. The van der Waals surface area contributed by atoms with Gasteiger partial charge in [-0.05, 0) is 87.8 Å². The first-order valence-corrected chi connectivity index (χ1v) is 12.8. The molecule has 2 unspecified atom stereocenters. The molecule has 2 fully saturated rings. The highest BCUT2D eigenvalue weighted by atomic mass is 16.7. The largest absolute Gasteiger partial charge is 0.465 e. The monoisotopic (exact) mass is 414 g/mol. The SMILES string of the molecule is CCC(C)c1ccc(OC(CC2(C3CCCCC3)CCCCC2)OC(C)(C)C)cc1. The third kappa shape index (κ3) is 6.49. The van der Waals surface area contributed by atoms with Crippen LogP contribution in [-0.4, -0.2) is 11.9 Å². The van der Waals surface area contributed by atoms with E-state index in [4.69, 9.17) is 9.47 Å². The number of hydrogen-bond acceptors (Lipinski definition) is 2. The maximum Gasteiger partial charge on any atom is 0.200 e. The van der Waals surface area contributed by atoms with Crippen LogP contribution < -0.4 is 4.74 Å². The van der Waals surface area contributed by atoms with Crippen LogP contribution >= 0.6 is 0 Å². The number of rotatable bonds is 8. The van der Waals surface area contributed by atoms with Crippen molar-refractivity contribution in [2.75, 3.05) is 0 Å². The van der Waals surface area contributed by atoms with Crippen LogP contribution in [0.2, 0.25) is 0 Å². The van der Waals surface area contributed by atoms with E-state index in [1.165, 1.54) is 76.2 Å². The van der Waals surface area contributed by atoms with Crippen molar-refractivity contribution in [3.63, 3.8) is 0 Å². The van der Waals surface area contributed by atoms with E-state index in [0.717, 1.165) is 18.1 Å². The Bertz CT molecular complexity index is 615. The van der Waals surface area contributed by atoms with Crippen molar-refractivity contribution < 1.29 is 9.47 Å². The third-order valence-corrected chi connectivity index (χ3v) is 7.71. The lowest BCUT2D eigenvalue weighted by atomic mass is 9.60. The lowest BCUT2D eigenvalue weighted by Gasteiger charge is -2.47. The van der Waals surface area contributed by atoms with Crippen LogP contribution in [0.4, 0.5) is 0 Å². The molecule has 1 aromatic rings. The van der Waals surface area contributed by atoms with Crippen molar-refractivity contribution in [1.29, 1.82) is 0 Å². The molecule has 0 spiro atoms. The minimum Gasteiger partial charge on any atom is -0.465 e. The van der Waals surface area contributed by atoms with Crippen molar-refractivity contribution in [2.24, 2.45) is 11.3 Å². The second kappa shape index (κ2) is 10.5. The highest BCUT2D eigenvalue weighted by Crippen LogP contribution is 2.51. The molecule has 0 bridgehead atoms. The predicted molar refractivity (Wildman–Crippen MR) is 127 cm³/mol. The molecule has 2 aliphatic carbocycles. The maximum absolute atomic E-state index is 6.56. The zero-order valence-electron chi connectivity index (χ0n) is 20.3. The first-order chi connectivity index (χ1) is 14.3. The van der Waals surface area contributed by atoms with Crippen molar-refractivity contribution >= 4 is 0 Å². The molecular formula is C28H46O2. The quantitative estimate of drug-likeness (QED) is 0.396. The van der Waals surface area contributed by atoms with Crippen LogP contribution in [0.5, 0.6) is 5.75 Å². The third-order valence-electron chi connectivity index (χ3n) is 7.71. The van der Waals surface area contributed by atoms with Gasteiger partial charge in [0, 0.05) is 6.42 Å². The average Bonchev–Trinajstić information content (AvgIpc) is 2.74. The minimum atomic E-state index is -0.205. The van der Waals surface area contributed by atoms with Gasteiger partial charge in [-0.2, -0.15) is 0 Å². The van der Waals surface area contributed by atoms with Crippen LogP contribution in [0.25, 0.3) is 0 Å². The van der Waals surface area contributed by atoms with Gasteiger partial charge in [0.2, 0.25) is 6.29 Å². The molecule has 2 atom stereocenters. The van der Waals surface area contributed by atoms with Crippen LogP contribution in [0, 0.1) is 11.3 Å². The van der Waals surface area contributed by atoms with Gasteiger partial charge >= 0.3 is 0 Å². The summed E-state index contributed by atoms with van der Waals surface area (Å²) in [4.78, 5) is 0. The summed E-state index contributed by atoms with van der Waals surface area (Å²) in [5, 5.41) is 0. The first-order valence-electron chi connectivity index (χ1n) is 12.8. The molecule has 2 saturated carbocycles. The lowest BCUT2D eigenvalue weighted by molar-refractivity contribution is -0.176. The predicted octanol–water partition coefficient (Wildman–Crippen LogP) is 8.64. The Hall–Kier alpha value is -1.02. The van der Waals surface area contributed by atoms with Crippen LogP contribution in [0.15, 0.2) is 24.3 Å². The lowest BCUT2D eigenvalue weighted by Crippen LogP contribution is -2.42. The standard InChI is InChI=1S/C28H46O2/c1-6-22(2)23-15-17-25(18-16-23)29-26(30-27(3,4)5)21-28(19-11-8-12-20-28)24-13-9-7-10-14-24/h15-18,22,24,26H,6-14,19-21H2,1-5H3. The molecule has 170 valence electrons. The Labute approximate surface area is 186 Å². The van der Waals surface area contributed by atoms with Crippen molar-refractivity contribution in [1.82, 2.24) is 0 Å². The smallest absolute Gasteiger partial charge is 0.200 e. The van der Waals surface area contributed by atoms with Crippen LogP contribution in [0.3, 0.4) is 0 Å². The average molecular weight is 415 g/mol. The summed E-state index contributed by atoms with van der Waals surface area (Å²) < 4.78 is 13.1. The van der Waals surface area contributed by atoms with E-state index < -0.39 is 0 Å². The normalized spacial score (nSPS) is 22.4. The van der Waals surface area contributed by atoms with E-state index in [9.17, 15) is 0 Å². The van der Waals surface area contributed by atoms with E-state index in [1.54, 1.807) is 0 Å². The molecular weight excluding hydrogens is 368 g/mol. The van der Waals surface area contributed by atoms with Gasteiger partial charge < -0.3 is 9.47 Å². The van der Waals surface area contributed by atoms with E-state index in [1.807, 2.05) is 0 Å². The molecule has 0 aromatic heterocycles. The summed E-state index contributed by atoms with van der Waals surface area (Å²) in [7, 11) is 0. The molecule has 0 radical (unpaired) electrons. The molecule has 1 aromatic carbocycles. The first kappa shape index (κ1) is 23.6. The van der Waals surface area contributed by atoms with E-state index in [-0.39, 0.29) is 11.9 Å². The van der Waals surface area contributed by atoms with E-state index in [2.05, 4.69) is 58.9 Å². The van der Waals surface area contributed by atoms with Gasteiger partial charge in [-0.1, -0.05) is 64.5 Å². The zero-order valence-corrected chi connectivity index (χ0v) is 20.3. The number of benzene rings is 1. The molecule has 30 heavy (non-hydrogen) atoms. The molecule has 0 N–H and O–H groups in total. The Morgan fingerprint density at radius 1 is 0.933 bits per heavy atom.